The normalized spacial score (nSPS) is 15.5. The van der Waals surface area contributed by atoms with E-state index in [-0.39, 0.29) is 18.2 Å². The van der Waals surface area contributed by atoms with Crippen LogP contribution in [0.25, 0.3) is 10.9 Å². The number of para-hydroxylation sites is 2. The number of nitrogens with one attached hydrogen (secondary N) is 2. The molecule has 1 aliphatic heterocycles. The SMILES string of the molecule is COc1ccccc1N1C(=O)C(CC(=O)Nc2ccc3cc[nH]c3c2)N(CCc2cccc(Cl)c2)C1=S. The van der Waals surface area contributed by atoms with E-state index in [2.05, 4.69) is 10.3 Å². The molecule has 2 amide bonds. The number of aromatic nitrogens is 1. The summed E-state index contributed by atoms with van der Waals surface area (Å²) >= 11 is 11.9. The van der Waals surface area contributed by atoms with Crippen molar-refractivity contribution < 1.29 is 14.3 Å². The van der Waals surface area contributed by atoms with Crippen molar-refractivity contribution in [2.45, 2.75) is 18.9 Å². The first-order valence-corrected chi connectivity index (χ1v) is 12.6. The third-order valence-corrected chi connectivity index (χ3v) is 7.04. The predicted octanol–water partition coefficient (Wildman–Crippen LogP) is 5.40. The summed E-state index contributed by atoms with van der Waals surface area (Å²) in [5.41, 5.74) is 3.13. The fourth-order valence-corrected chi connectivity index (χ4v) is 5.20. The summed E-state index contributed by atoms with van der Waals surface area (Å²) in [6.07, 6.45) is 2.40. The number of benzene rings is 3. The smallest absolute Gasteiger partial charge is 0.256 e. The second-order valence-corrected chi connectivity index (χ2v) is 9.55. The molecule has 1 aliphatic rings. The topological polar surface area (TPSA) is 77.7 Å². The second-order valence-electron chi connectivity index (χ2n) is 8.75. The third-order valence-electron chi connectivity index (χ3n) is 6.39. The lowest BCUT2D eigenvalue weighted by atomic mass is 10.1. The Balaban J connectivity index is 1.40. The fraction of sp³-hybridized carbons (Fsp3) is 0.179. The standard InChI is InChI=1S/C28H25ClN4O3S/c1-36-25-8-3-2-7-23(25)33-27(35)24(32(28(33)37)14-12-18-5-4-6-20(29)15-18)17-26(34)31-21-10-9-19-11-13-30-22(19)16-21/h2-11,13,15-16,24,30H,12,14,17H2,1H3,(H,31,34). The van der Waals surface area contributed by atoms with Gasteiger partial charge in [-0.05, 0) is 72.1 Å². The van der Waals surface area contributed by atoms with E-state index in [1.807, 2.05) is 71.8 Å². The average molecular weight is 533 g/mol. The van der Waals surface area contributed by atoms with Crippen molar-refractivity contribution in [3.8, 4) is 5.75 Å². The van der Waals surface area contributed by atoms with Gasteiger partial charge >= 0.3 is 0 Å². The van der Waals surface area contributed by atoms with Crippen LogP contribution >= 0.6 is 23.8 Å². The Kier molecular flexibility index (Phi) is 7.12. The molecule has 0 spiro atoms. The van der Waals surface area contributed by atoms with Crippen LogP contribution in [0.2, 0.25) is 5.02 Å². The molecular formula is C28H25ClN4O3S. The molecule has 0 bridgehead atoms. The maximum absolute atomic E-state index is 13.7. The van der Waals surface area contributed by atoms with Crippen molar-refractivity contribution in [1.82, 2.24) is 9.88 Å². The molecular weight excluding hydrogens is 508 g/mol. The number of carbonyl (C=O) groups is 2. The number of H-pyrrole nitrogens is 1. The number of ether oxygens (including phenoxy) is 1. The monoisotopic (exact) mass is 532 g/mol. The minimum absolute atomic E-state index is 0.0526. The molecule has 4 aromatic rings. The zero-order valence-corrected chi connectivity index (χ0v) is 21.7. The highest BCUT2D eigenvalue weighted by molar-refractivity contribution is 7.80. The van der Waals surface area contributed by atoms with Crippen LogP contribution in [-0.2, 0) is 16.0 Å². The number of carbonyl (C=O) groups excluding carboxylic acids is 2. The minimum atomic E-state index is -0.759. The zero-order chi connectivity index (χ0) is 25.9. The van der Waals surface area contributed by atoms with Crippen LogP contribution in [0.1, 0.15) is 12.0 Å². The summed E-state index contributed by atoms with van der Waals surface area (Å²) in [6.45, 7) is 0.447. The number of thiocarbonyl (C=S) groups is 1. The number of hydrogen-bond acceptors (Lipinski definition) is 4. The van der Waals surface area contributed by atoms with Crippen molar-refractivity contribution in [2.24, 2.45) is 0 Å². The molecule has 2 N–H and O–H groups in total. The quantitative estimate of drug-likeness (QED) is 0.297. The Morgan fingerprint density at radius 3 is 2.76 bits per heavy atom. The largest absolute Gasteiger partial charge is 0.495 e. The molecule has 1 saturated heterocycles. The Labute approximate surface area is 225 Å². The maximum Gasteiger partial charge on any atom is 0.256 e. The summed E-state index contributed by atoms with van der Waals surface area (Å²) in [5.74, 6) is -0.0189. The summed E-state index contributed by atoms with van der Waals surface area (Å²) < 4.78 is 5.49. The number of anilines is 2. The Morgan fingerprint density at radius 1 is 1.11 bits per heavy atom. The van der Waals surface area contributed by atoms with Crippen molar-refractivity contribution in [3.63, 3.8) is 0 Å². The lowest BCUT2D eigenvalue weighted by Crippen LogP contribution is -2.39. The summed E-state index contributed by atoms with van der Waals surface area (Å²) in [5, 5.41) is 4.95. The number of methoxy groups -OCH3 is 1. The number of halogens is 1. The molecule has 0 aliphatic carbocycles. The lowest BCUT2D eigenvalue weighted by Gasteiger charge is -2.24. The van der Waals surface area contributed by atoms with Crippen LogP contribution in [0.4, 0.5) is 11.4 Å². The first kappa shape index (κ1) is 24.8. The fourth-order valence-electron chi connectivity index (χ4n) is 4.58. The highest BCUT2D eigenvalue weighted by Gasteiger charge is 2.44. The van der Waals surface area contributed by atoms with Gasteiger partial charge in [0, 0.05) is 29.0 Å². The molecule has 1 fully saturated rings. The van der Waals surface area contributed by atoms with Gasteiger partial charge in [0.1, 0.15) is 11.8 Å². The van der Waals surface area contributed by atoms with E-state index in [1.165, 1.54) is 4.90 Å². The van der Waals surface area contributed by atoms with Crippen molar-refractivity contribution >= 4 is 63.0 Å². The summed E-state index contributed by atoms with van der Waals surface area (Å²) in [6, 6.07) is 21.6. The van der Waals surface area contributed by atoms with Gasteiger partial charge < -0.3 is 19.9 Å². The number of rotatable bonds is 8. The van der Waals surface area contributed by atoms with Crippen molar-refractivity contribution in [2.75, 3.05) is 23.9 Å². The number of fused-ring (bicyclic) bond motifs is 1. The number of aromatic amines is 1. The first-order valence-electron chi connectivity index (χ1n) is 11.8. The summed E-state index contributed by atoms with van der Waals surface area (Å²) in [4.78, 5) is 33.3. The number of nitrogens with zero attached hydrogens (tertiary/aromatic N) is 2. The van der Waals surface area contributed by atoms with Gasteiger partial charge in [-0.1, -0.05) is 41.9 Å². The van der Waals surface area contributed by atoms with Gasteiger partial charge in [0.25, 0.3) is 5.91 Å². The average Bonchev–Trinajstić information content (AvgIpc) is 3.44. The molecule has 1 unspecified atom stereocenters. The highest BCUT2D eigenvalue weighted by Crippen LogP contribution is 2.34. The number of amides is 2. The second kappa shape index (κ2) is 10.6. The molecule has 188 valence electrons. The van der Waals surface area contributed by atoms with Gasteiger partial charge in [0.05, 0.1) is 19.2 Å². The Morgan fingerprint density at radius 2 is 1.95 bits per heavy atom. The van der Waals surface area contributed by atoms with E-state index >= 15 is 0 Å². The lowest BCUT2D eigenvalue weighted by molar-refractivity contribution is -0.124. The molecule has 3 aromatic carbocycles. The molecule has 0 radical (unpaired) electrons. The predicted molar refractivity (Wildman–Crippen MR) is 150 cm³/mol. The molecule has 5 rings (SSSR count). The van der Waals surface area contributed by atoms with Gasteiger partial charge in [0.15, 0.2) is 5.11 Å². The Hall–Kier alpha value is -3.88. The molecule has 37 heavy (non-hydrogen) atoms. The van der Waals surface area contributed by atoms with Gasteiger partial charge in [-0.25, -0.2) is 0 Å². The van der Waals surface area contributed by atoms with E-state index in [9.17, 15) is 9.59 Å². The van der Waals surface area contributed by atoms with Crippen molar-refractivity contribution in [3.05, 3.63) is 89.6 Å². The van der Waals surface area contributed by atoms with Gasteiger partial charge in [-0.3, -0.25) is 14.5 Å². The third kappa shape index (κ3) is 5.16. The van der Waals surface area contributed by atoms with Crippen LogP contribution < -0.4 is 15.0 Å². The highest BCUT2D eigenvalue weighted by atomic mass is 35.5. The van der Waals surface area contributed by atoms with Gasteiger partial charge in [0.2, 0.25) is 5.91 Å². The van der Waals surface area contributed by atoms with E-state index in [1.54, 1.807) is 19.2 Å². The van der Waals surface area contributed by atoms with E-state index in [4.69, 9.17) is 28.6 Å². The first-order chi connectivity index (χ1) is 17.9. The molecule has 1 atom stereocenters. The van der Waals surface area contributed by atoms with Gasteiger partial charge in [-0.15, -0.1) is 0 Å². The van der Waals surface area contributed by atoms with Crippen molar-refractivity contribution in [1.29, 1.82) is 0 Å². The summed E-state index contributed by atoms with van der Waals surface area (Å²) in [7, 11) is 1.55. The van der Waals surface area contributed by atoms with Crippen LogP contribution in [0, 0.1) is 0 Å². The molecule has 0 saturated carbocycles. The number of hydrogen-bond donors (Lipinski definition) is 2. The molecule has 1 aromatic heterocycles. The zero-order valence-electron chi connectivity index (χ0n) is 20.1. The van der Waals surface area contributed by atoms with E-state index in [0.717, 1.165) is 16.5 Å². The van der Waals surface area contributed by atoms with E-state index < -0.39 is 6.04 Å². The minimum Gasteiger partial charge on any atom is -0.495 e. The van der Waals surface area contributed by atoms with Crippen LogP contribution in [0.15, 0.2) is 79.0 Å². The Bertz CT molecular complexity index is 1490. The molecule has 7 nitrogen and oxygen atoms in total. The van der Waals surface area contributed by atoms with Gasteiger partial charge in [-0.2, -0.15) is 0 Å². The maximum atomic E-state index is 13.7. The molecule has 9 heteroatoms. The van der Waals surface area contributed by atoms with E-state index in [0.29, 0.717) is 40.2 Å². The van der Waals surface area contributed by atoms with Crippen LogP contribution in [-0.4, -0.2) is 46.5 Å². The van der Waals surface area contributed by atoms with Crippen LogP contribution in [0.3, 0.4) is 0 Å². The van der Waals surface area contributed by atoms with Crippen LogP contribution in [0.5, 0.6) is 5.75 Å². The molecule has 2 heterocycles.